The van der Waals surface area contributed by atoms with Crippen LogP contribution in [-0.4, -0.2) is 41.3 Å². The Hall–Kier alpha value is -0.880. The zero-order valence-electron chi connectivity index (χ0n) is 13.1. The van der Waals surface area contributed by atoms with Gasteiger partial charge in [-0.1, -0.05) is 0 Å². The van der Waals surface area contributed by atoms with Crippen LogP contribution in [0.3, 0.4) is 0 Å². The zero-order valence-corrected chi connectivity index (χ0v) is 14.7. The van der Waals surface area contributed by atoms with Crippen LogP contribution < -0.4 is 5.32 Å². The van der Waals surface area contributed by atoms with Crippen LogP contribution in [0.4, 0.5) is 0 Å². The molecule has 2 aromatic rings. The minimum absolute atomic E-state index is 0. The van der Waals surface area contributed by atoms with Crippen molar-refractivity contribution in [3.05, 3.63) is 23.7 Å². The lowest BCUT2D eigenvalue weighted by atomic mass is 9.90. The van der Waals surface area contributed by atoms with Gasteiger partial charge in [0.25, 0.3) is 0 Å². The molecular formula is C16H24Cl2N4O. The normalized spacial score (nSPS) is 20.0. The number of imidazole rings is 1. The van der Waals surface area contributed by atoms with Crippen molar-refractivity contribution < 1.29 is 4.74 Å². The Balaban J connectivity index is 0.000000960. The molecule has 0 unspecified atom stereocenters. The van der Waals surface area contributed by atoms with E-state index >= 15 is 0 Å². The van der Waals surface area contributed by atoms with Gasteiger partial charge in [0.2, 0.25) is 0 Å². The van der Waals surface area contributed by atoms with Gasteiger partial charge in [0, 0.05) is 25.3 Å². The number of H-pyrrole nitrogens is 1. The first-order valence-corrected chi connectivity index (χ1v) is 8.05. The smallest absolute Gasteiger partial charge is 0.177 e. The summed E-state index contributed by atoms with van der Waals surface area (Å²) in [5.41, 5.74) is 3.44. The van der Waals surface area contributed by atoms with Gasteiger partial charge >= 0.3 is 0 Å². The summed E-state index contributed by atoms with van der Waals surface area (Å²) in [4.78, 5) is 12.8. The van der Waals surface area contributed by atoms with E-state index < -0.39 is 0 Å². The number of hydrogen-bond acceptors (Lipinski definition) is 4. The minimum atomic E-state index is 0. The van der Waals surface area contributed by atoms with Crippen LogP contribution in [0, 0.1) is 0 Å². The molecule has 2 aromatic heterocycles. The predicted octanol–water partition coefficient (Wildman–Crippen LogP) is 3.16. The quantitative estimate of drug-likeness (QED) is 0.865. The maximum Gasteiger partial charge on any atom is 0.177 e. The Morgan fingerprint density at radius 2 is 1.74 bits per heavy atom. The van der Waals surface area contributed by atoms with E-state index in [2.05, 4.69) is 21.4 Å². The van der Waals surface area contributed by atoms with Gasteiger partial charge in [0.1, 0.15) is 5.82 Å². The number of rotatable bonds is 2. The van der Waals surface area contributed by atoms with Crippen molar-refractivity contribution in [2.24, 2.45) is 0 Å². The highest BCUT2D eigenvalue weighted by Gasteiger charge is 2.23. The number of aromatic amines is 1. The number of nitrogens with one attached hydrogen (secondary N) is 2. The first kappa shape index (κ1) is 18.5. The fourth-order valence-electron chi connectivity index (χ4n) is 3.59. The van der Waals surface area contributed by atoms with E-state index in [9.17, 15) is 0 Å². The molecule has 0 aromatic carbocycles. The number of piperidine rings is 1. The van der Waals surface area contributed by atoms with Crippen LogP contribution in [0.1, 0.15) is 48.9 Å². The second-order valence-electron chi connectivity index (χ2n) is 6.13. The molecule has 2 saturated heterocycles. The fraction of sp³-hybridized carbons (Fsp3) is 0.625. The highest BCUT2D eigenvalue weighted by atomic mass is 35.5. The van der Waals surface area contributed by atoms with Crippen molar-refractivity contribution >= 4 is 36.0 Å². The molecular weight excluding hydrogens is 335 g/mol. The monoisotopic (exact) mass is 358 g/mol. The summed E-state index contributed by atoms with van der Waals surface area (Å²) in [6, 6.07) is 2.17. The lowest BCUT2D eigenvalue weighted by Crippen LogP contribution is -2.26. The average molecular weight is 359 g/mol. The summed E-state index contributed by atoms with van der Waals surface area (Å²) in [5.74, 6) is 2.22. The molecule has 7 heteroatoms. The SMILES string of the molecule is Cl.Cl.c1cc(C2CCNCC2)c2[nH]c(C3CCOCC3)nc2n1. The molecule has 2 aliphatic rings. The Morgan fingerprint density at radius 1 is 1.00 bits per heavy atom. The first-order chi connectivity index (χ1) is 10.4. The van der Waals surface area contributed by atoms with Crippen LogP contribution in [0.2, 0.25) is 0 Å². The van der Waals surface area contributed by atoms with E-state index in [1.165, 1.54) is 18.4 Å². The summed E-state index contributed by atoms with van der Waals surface area (Å²) in [7, 11) is 0. The summed E-state index contributed by atoms with van der Waals surface area (Å²) in [6.45, 7) is 3.90. The predicted molar refractivity (Wildman–Crippen MR) is 96.0 cm³/mol. The molecule has 5 nitrogen and oxygen atoms in total. The van der Waals surface area contributed by atoms with Gasteiger partial charge in [-0.05, 0) is 56.3 Å². The van der Waals surface area contributed by atoms with Crippen LogP contribution in [0.25, 0.3) is 11.2 Å². The topological polar surface area (TPSA) is 62.8 Å². The summed E-state index contributed by atoms with van der Waals surface area (Å²) in [5, 5.41) is 3.43. The minimum Gasteiger partial charge on any atom is -0.381 e. The van der Waals surface area contributed by atoms with E-state index in [1.54, 1.807) is 0 Å². The van der Waals surface area contributed by atoms with E-state index in [4.69, 9.17) is 9.72 Å². The van der Waals surface area contributed by atoms with Crippen molar-refractivity contribution in [1.82, 2.24) is 20.3 Å². The molecule has 0 aliphatic carbocycles. The maximum atomic E-state index is 5.45. The second-order valence-corrected chi connectivity index (χ2v) is 6.13. The molecule has 4 rings (SSSR count). The lowest BCUT2D eigenvalue weighted by molar-refractivity contribution is 0.0838. The molecule has 2 aliphatic heterocycles. The third-order valence-electron chi connectivity index (χ3n) is 4.83. The first-order valence-electron chi connectivity index (χ1n) is 8.05. The van der Waals surface area contributed by atoms with Crippen LogP contribution in [-0.2, 0) is 4.74 Å². The van der Waals surface area contributed by atoms with Gasteiger partial charge in [0.05, 0.1) is 5.52 Å². The molecule has 128 valence electrons. The molecule has 0 atom stereocenters. The van der Waals surface area contributed by atoms with Crippen molar-refractivity contribution in [3.8, 4) is 0 Å². The third-order valence-corrected chi connectivity index (χ3v) is 4.83. The van der Waals surface area contributed by atoms with Crippen LogP contribution >= 0.6 is 24.8 Å². The molecule has 23 heavy (non-hydrogen) atoms. The van der Waals surface area contributed by atoms with Crippen molar-refractivity contribution in [2.75, 3.05) is 26.3 Å². The molecule has 0 spiro atoms. The molecule has 2 N–H and O–H groups in total. The molecule has 2 fully saturated rings. The Morgan fingerprint density at radius 3 is 2.48 bits per heavy atom. The lowest BCUT2D eigenvalue weighted by Gasteiger charge is -2.23. The molecule has 0 amide bonds. The number of aromatic nitrogens is 3. The van der Waals surface area contributed by atoms with Crippen molar-refractivity contribution in [3.63, 3.8) is 0 Å². The van der Waals surface area contributed by atoms with Crippen molar-refractivity contribution in [2.45, 2.75) is 37.5 Å². The van der Waals surface area contributed by atoms with Gasteiger partial charge in [-0.25, -0.2) is 9.97 Å². The Bertz CT molecular complexity index is 622. The summed E-state index contributed by atoms with van der Waals surface area (Å²) in [6.07, 6.45) is 6.43. The standard InChI is InChI=1S/C16H22N4O.2ClH/c1-6-17-7-2-11(1)13-3-8-18-16-14(13)19-15(20-16)12-4-9-21-10-5-12;;/h3,8,11-12,17H,1-2,4-7,9-10H2,(H,18,19,20);2*1H. The highest BCUT2D eigenvalue weighted by Crippen LogP contribution is 2.32. The van der Waals surface area contributed by atoms with Crippen LogP contribution in [0.15, 0.2) is 12.3 Å². The number of pyridine rings is 1. The number of hydrogen-bond donors (Lipinski definition) is 2. The summed E-state index contributed by atoms with van der Waals surface area (Å²) < 4.78 is 5.45. The summed E-state index contributed by atoms with van der Waals surface area (Å²) >= 11 is 0. The van der Waals surface area contributed by atoms with E-state index in [0.717, 1.165) is 56.1 Å². The number of fused-ring (bicyclic) bond motifs is 1. The molecule has 4 heterocycles. The number of halogens is 2. The highest BCUT2D eigenvalue weighted by molar-refractivity contribution is 5.85. The Kier molecular flexibility index (Phi) is 6.65. The van der Waals surface area contributed by atoms with Gasteiger partial charge < -0.3 is 15.0 Å². The zero-order chi connectivity index (χ0) is 14.1. The van der Waals surface area contributed by atoms with E-state index in [0.29, 0.717) is 11.8 Å². The fourth-order valence-corrected chi connectivity index (χ4v) is 3.59. The molecule has 0 radical (unpaired) electrons. The van der Waals surface area contributed by atoms with Gasteiger partial charge in [-0.2, -0.15) is 0 Å². The van der Waals surface area contributed by atoms with Crippen molar-refractivity contribution in [1.29, 1.82) is 0 Å². The second kappa shape index (κ2) is 8.29. The van der Waals surface area contributed by atoms with E-state index in [-0.39, 0.29) is 24.8 Å². The molecule has 0 saturated carbocycles. The van der Waals surface area contributed by atoms with E-state index in [1.807, 2.05) is 6.20 Å². The number of ether oxygens (including phenoxy) is 1. The van der Waals surface area contributed by atoms with Crippen LogP contribution in [0.5, 0.6) is 0 Å². The van der Waals surface area contributed by atoms with Gasteiger partial charge in [-0.3, -0.25) is 0 Å². The maximum absolute atomic E-state index is 5.45. The Labute approximate surface area is 148 Å². The average Bonchev–Trinajstić information content (AvgIpc) is 3.00. The van der Waals surface area contributed by atoms with Gasteiger partial charge in [-0.15, -0.1) is 24.8 Å². The molecule has 0 bridgehead atoms. The third kappa shape index (κ3) is 3.79. The van der Waals surface area contributed by atoms with Gasteiger partial charge in [0.15, 0.2) is 5.65 Å². The number of nitrogens with zero attached hydrogens (tertiary/aromatic N) is 2. The largest absolute Gasteiger partial charge is 0.381 e.